The first-order valence-corrected chi connectivity index (χ1v) is 7.98. The van der Waals surface area contributed by atoms with Crippen LogP contribution in [-0.2, 0) is 4.74 Å². The number of thiocarbonyl (C=S) groups is 1. The molecule has 0 spiro atoms. The average molecular weight is 312 g/mol. The van der Waals surface area contributed by atoms with Crippen LogP contribution >= 0.6 is 12.2 Å². The summed E-state index contributed by atoms with van der Waals surface area (Å²) in [6.07, 6.45) is 0. The first-order valence-electron chi connectivity index (χ1n) is 7.57. The summed E-state index contributed by atoms with van der Waals surface area (Å²) in [5.41, 5.74) is 2.42. The van der Waals surface area contributed by atoms with Crippen LogP contribution in [0.15, 0.2) is 60.7 Å². The minimum atomic E-state index is 0.0674. The fourth-order valence-corrected chi connectivity index (χ4v) is 2.93. The maximum absolute atomic E-state index is 5.61. The van der Waals surface area contributed by atoms with Gasteiger partial charge >= 0.3 is 0 Å². The molecule has 1 heterocycles. The second-order valence-corrected chi connectivity index (χ2v) is 5.69. The lowest BCUT2D eigenvalue weighted by Crippen LogP contribution is -2.47. The van der Waals surface area contributed by atoms with Crippen molar-refractivity contribution in [1.29, 1.82) is 0 Å². The normalized spacial score (nSPS) is 14.9. The van der Waals surface area contributed by atoms with Gasteiger partial charge in [0.15, 0.2) is 5.11 Å². The van der Waals surface area contributed by atoms with Crippen molar-refractivity contribution in [3.8, 4) is 0 Å². The molecule has 4 heteroatoms. The van der Waals surface area contributed by atoms with E-state index in [4.69, 9.17) is 17.0 Å². The topological polar surface area (TPSA) is 24.5 Å². The van der Waals surface area contributed by atoms with Gasteiger partial charge in [-0.05, 0) is 23.3 Å². The molecule has 0 radical (unpaired) electrons. The summed E-state index contributed by atoms with van der Waals surface area (Å²) in [4.78, 5) is 2.18. The molecule has 1 N–H and O–H groups in total. The molecular weight excluding hydrogens is 292 g/mol. The summed E-state index contributed by atoms with van der Waals surface area (Å²) in [5.74, 6) is 0. The minimum Gasteiger partial charge on any atom is -0.378 e. The van der Waals surface area contributed by atoms with Gasteiger partial charge in [-0.2, -0.15) is 0 Å². The zero-order valence-electron chi connectivity index (χ0n) is 12.4. The Morgan fingerprint density at radius 2 is 1.41 bits per heavy atom. The molecule has 0 aromatic heterocycles. The van der Waals surface area contributed by atoms with Crippen molar-refractivity contribution in [2.75, 3.05) is 26.3 Å². The lowest BCUT2D eigenvalue weighted by Gasteiger charge is -2.32. The summed E-state index contributed by atoms with van der Waals surface area (Å²) in [6.45, 7) is 3.18. The van der Waals surface area contributed by atoms with Crippen molar-refractivity contribution < 1.29 is 4.74 Å². The average Bonchev–Trinajstić information content (AvgIpc) is 2.62. The van der Waals surface area contributed by atoms with E-state index in [1.54, 1.807) is 0 Å². The zero-order chi connectivity index (χ0) is 15.2. The molecule has 0 amide bonds. The van der Waals surface area contributed by atoms with Crippen LogP contribution in [0.4, 0.5) is 0 Å². The van der Waals surface area contributed by atoms with Crippen LogP contribution in [0.2, 0.25) is 0 Å². The predicted octanol–water partition coefficient (Wildman–Crippen LogP) is 2.98. The third-order valence-corrected chi connectivity index (χ3v) is 4.21. The molecule has 1 aliphatic rings. The molecule has 0 bridgehead atoms. The third-order valence-electron chi connectivity index (χ3n) is 3.83. The van der Waals surface area contributed by atoms with Gasteiger partial charge in [0.2, 0.25) is 0 Å². The quantitative estimate of drug-likeness (QED) is 0.881. The van der Waals surface area contributed by atoms with E-state index in [0.717, 1.165) is 31.4 Å². The van der Waals surface area contributed by atoms with Gasteiger partial charge in [-0.15, -0.1) is 0 Å². The molecule has 1 saturated heterocycles. The highest BCUT2D eigenvalue weighted by Gasteiger charge is 2.19. The summed E-state index contributed by atoms with van der Waals surface area (Å²) in [6, 6.07) is 20.9. The maximum Gasteiger partial charge on any atom is 0.169 e. The highest BCUT2D eigenvalue weighted by molar-refractivity contribution is 7.80. The smallest absolute Gasteiger partial charge is 0.169 e. The number of hydrogen-bond donors (Lipinski definition) is 1. The molecule has 1 fully saturated rings. The molecule has 0 atom stereocenters. The second-order valence-electron chi connectivity index (χ2n) is 5.30. The highest BCUT2D eigenvalue weighted by atomic mass is 32.1. The van der Waals surface area contributed by atoms with Gasteiger partial charge in [-0.1, -0.05) is 60.7 Å². The fraction of sp³-hybridized carbons (Fsp3) is 0.278. The van der Waals surface area contributed by atoms with Crippen LogP contribution in [0.5, 0.6) is 0 Å². The Morgan fingerprint density at radius 3 is 1.91 bits per heavy atom. The predicted molar refractivity (Wildman–Crippen MR) is 92.9 cm³/mol. The lowest BCUT2D eigenvalue weighted by atomic mass is 9.99. The van der Waals surface area contributed by atoms with Crippen LogP contribution in [0, 0.1) is 0 Å². The summed E-state index contributed by atoms with van der Waals surface area (Å²) >= 11 is 5.61. The largest absolute Gasteiger partial charge is 0.378 e. The van der Waals surface area contributed by atoms with E-state index < -0.39 is 0 Å². The van der Waals surface area contributed by atoms with E-state index in [0.29, 0.717) is 0 Å². The first-order chi connectivity index (χ1) is 10.8. The van der Waals surface area contributed by atoms with Crippen molar-refractivity contribution in [3.63, 3.8) is 0 Å². The van der Waals surface area contributed by atoms with Crippen molar-refractivity contribution in [1.82, 2.24) is 10.2 Å². The standard InChI is InChI=1S/C18H20N2OS/c22-18(20-11-13-21-14-12-20)19-17(15-7-3-1-4-8-15)16-9-5-2-6-10-16/h1-10,17H,11-14H2,(H,19,22). The Balaban J connectivity index is 1.81. The van der Waals surface area contributed by atoms with E-state index in [1.807, 2.05) is 12.1 Å². The van der Waals surface area contributed by atoms with E-state index in [1.165, 1.54) is 11.1 Å². The molecule has 0 saturated carbocycles. The number of nitrogens with zero attached hydrogens (tertiary/aromatic N) is 1. The molecule has 2 aromatic carbocycles. The fourth-order valence-electron chi connectivity index (χ4n) is 2.63. The Morgan fingerprint density at radius 1 is 0.909 bits per heavy atom. The van der Waals surface area contributed by atoms with E-state index in [-0.39, 0.29) is 6.04 Å². The minimum absolute atomic E-state index is 0.0674. The van der Waals surface area contributed by atoms with Gasteiger partial charge < -0.3 is 15.0 Å². The molecule has 0 unspecified atom stereocenters. The van der Waals surface area contributed by atoms with E-state index in [2.05, 4.69) is 58.7 Å². The molecule has 22 heavy (non-hydrogen) atoms. The number of benzene rings is 2. The first kappa shape index (κ1) is 15.0. The molecule has 0 aliphatic carbocycles. The Hall–Kier alpha value is -1.91. The molecule has 114 valence electrons. The van der Waals surface area contributed by atoms with Crippen LogP contribution in [-0.4, -0.2) is 36.3 Å². The second kappa shape index (κ2) is 7.38. The van der Waals surface area contributed by atoms with Gasteiger partial charge in [-0.25, -0.2) is 0 Å². The van der Waals surface area contributed by atoms with Gasteiger partial charge in [0.25, 0.3) is 0 Å². The number of rotatable bonds is 3. The van der Waals surface area contributed by atoms with Gasteiger partial charge in [0.05, 0.1) is 19.3 Å². The molecule has 3 nitrogen and oxygen atoms in total. The van der Waals surface area contributed by atoms with Gasteiger partial charge in [-0.3, -0.25) is 0 Å². The number of nitrogens with one attached hydrogen (secondary N) is 1. The zero-order valence-corrected chi connectivity index (χ0v) is 13.3. The van der Waals surface area contributed by atoms with Crippen LogP contribution in [0.1, 0.15) is 17.2 Å². The highest BCUT2D eigenvalue weighted by Crippen LogP contribution is 2.22. The Labute approximate surface area is 136 Å². The molecule has 3 rings (SSSR count). The summed E-state index contributed by atoms with van der Waals surface area (Å²) < 4.78 is 5.40. The Bertz CT molecular complexity index is 557. The van der Waals surface area contributed by atoms with Gasteiger partial charge in [0.1, 0.15) is 0 Å². The van der Waals surface area contributed by atoms with Gasteiger partial charge in [0, 0.05) is 13.1 Å². The van der Waals surface area contributed by atoms with Crippen molar-refractivity contribution in [2.45, 2.75) is 6.04 Å². The summed E-state index contributed by atoms with van der Waals surface area (Å²) in [7, 11) is 0. The monoisotopic (exact) mass is 312 g/mol. The van der Waals surface area contributed by atoms with Crippen molar-refractivity contribution in [2.24, 2.45) is 0 Å². The number of morpholine rings is 1. The van der Waals surface area contributed by atoms with Crippen LogP contribution in [0.3, 0.4) is 0 Å². The number of ether oxygens (including phenoxy) is 1. The lowest BCUT2D eigenvalue weighted by molar-refractivity contribution is 0.0675. The van der Waals surface area contributed by atoms with E-state index in [9.17, 15) is 0 Å². The number of hydrogen-bond acceptors (Lipinski definition) is 2. The third kappa shape index (κ3) is 3.64. The molecule has 1 aliphatic heterocycles. The van der Waals surface area contributed by atoms with Crippen LogP contribution < -0.4 is 5.32 Å². The molecule has 2 aromatic rings. The summed E-state index contributed by atoms with van der Waals surface area (Å²) in [5, 5.41) is 4.31. The molecular formula is C18H20N2OS. The SMILES string of the molecule is S=C(NC(c1ccccc1)c1ccccc1)N1CCOCC1. The van der Waals surface area contributed by atoms with Crippen molar-refractivity contribution >= 4 is 17.3 Å². The van der Waals surface area contributed by atoms with Crippen LogP contribution in [0.25, 0.3) is 0 Å². The van der Waals surface area contributed by atoms with Crippen molar-refractivity contribution in [3.05, 3.63) is 71.8 Å². The Kier molecular flexibility index (Phi) is 5.03. The van der Waals surface area contributed by atoms with E-state index >= 15 is 0 Å². The maximum atomic E-state index is 5.61.